The molecule has 3 aromatic carbocycles. The number of hydrogen-bond donors (Lipinski definition) is 0. The average molecular weight is 542 g/mol. The highest BCUT2D eigenvalue weighted by molar-refractivity contribution is 6.07. The number of carbonyl (C=O) groups is 1. The van der Waals surface area contributed by atoms with E-state index in [-0.39, 0.29) is 11.9 Å². The van der Waals surface area contributed by atoms with E-state index >= 15 is 0 Å². The van der Waals surface area contributed by atoms with Gasteiger partial charge in [0.15, 0.2) is 11.5 Å². The zero-order valence-corrected chi connectivity index (χ0v) is 24.4. The van der Waals surface area contributed by atoms with Crippen LogP contribution in [0.3, 0.4) is 0 Å². The molecule has 1 heterocycles. The van der Waals surface area contributed by atoms with Crippen LogP contribution in [0.15, 0.2) is 72.8 Å². The predicted octanol–water partition coefficient (Wildman–Crippen LogP) is 6.61. The van der Waals surface area contributed by atoms with Gasteiger partial charge in [-0.1, -0.05) is 49.2 Å². The summed E-state index contributed by atoms with van der Waals surface area (Å²) in [6, 6.07) is 25.5. The van der Waals surface area contributed by atoms with Gasteiger partial charge in [0.1, 0.15) is 0 Å². The maximum absolute atomic E-state index is 14.2. The largest absolute Gasteiger partial charge is 0.493 e. The summed E-state index contributed by atoms with van der Waals surface area (Å²) in [7, 11) is 7.28. The number of anilines is 2. The minimum absolute atomic E-state index is 0.00450. The van der Waals surface area contributed by atoms with Crippen molar-refractivity contribution in [3.05, 3.63) is 83.9 Å². The second-order valence-electron chi connectivity index (χ2n) is 11.3. The lowest BCUT2D eigenvalue weighted by Crippen LogP contribution is -2.51. The Morgan fingerprint density at radius 2 is 1.48 bits per heavy atom. The van der Waals surface area contributed by atoms with Crippen LogP contribution in [-0.2, 0) is 0 Å². The molecule has 0 N–H and O–H groups in total. The van der Waals surface area contributed by atoms with Gasteiger partial charge < -0.3 is 19.3 Å². The smallest absolute Gasteiger partial charge is 0.258 e. The second-order valence-corrected chi connectivity index (χ2v) is 11.3. The maximum Gasteiger partial charge on any atom is 0.258 e. The van der Waals surface area contributed by atoms with E-state index in [0.29, 0.717) is 29.0 Å². The zero-order valence-electron chi connectivity index (χ0n) is 24.4. The molecule has 3 aromatic rings. The summed E-state index contributed by atoms with van der Waals surface area (Å²) >= 11 is 0. The number of rotatable bonds is 8. The number of piperidine rings is 1. The van der Waals surface area contributed by atoms with Crippen molar-refractivity contribution in [2.75, 3.05) is 51.2 Å². The lowest BCUT2D eigenvalue weighted by atomic mass is 9.78. The fourth-order valence-electron chi connectivity index (χ4n) is 6.64. The minimum Gasteiger partial charge on any atom is -0.493 e. The second kappa shape index (κ2) is 12.8. The summed E-state index contributed by atoms with van der Waals surface area (Å²) < 4.78 is 11.0. The Morgan fingerprint density at radius 1 is 0.775 bits per heavy atom. The molecule has 40 heavy (non-hydrogen) atoms. The maximum atomic E-state index is 14.2. The van der Waals surface area contributed by atoms with Crippen LogP contribution in [0.2, 0.25) is 0 Å². The number of methoxy groups -OCH3 is 2. The van der Waals surface area contributed by atoms with E-state index in [1.54, 1.807) is 20.3 Å². The van der Waals surface area contributed by atoms with Crippen LogP contribution in [0, 0.1) is 0 Å². The molecule has 1 aliphatic heterocycles. The Morgan fingerprint density at radius 3 is 2.17 bits per heavy atom. The van der Waals surface area contributed by atoms with E-state index in [1.165, 1.54) is 31.2 Å². The van der Waals surface area contributed by atoms with Crippen molar-refractivity contribution in [1.82, 2.24) is 4.90 Å². The molecule has 1 saturated carbocycles. The van der Waals surface area contributed by atoms with Gasteiger partial charge in [-0.2, -0.15) is 0 Å². The summed E-state index contributed by atoms with van der Waals surface area (Å²) in [5.41, 5.74) is 4.09. The van der Waals surface area contributed by atoms with Crippen LogP contribution < -0.4 is 19.3 Å². The van der Waals surface area contributed by atoms with E-state index in [2.05, 4.69) is 58.3 Å². The molecular weight excluding hydrogens is 498 g/mol. The van der Waals surface area contributed by atoms with Crippen molar-refractivity contribution < 1.29 is 14.3 Å². The van der Waals surface area contributed by atoms with Crippen LogP contribution >= 0.6 is 0 Å². The topological polar surface area (TPSA) is 45.2 Å². The number of ether oxygens (including phenoxy) is 2. The highest BCUT2D eigenvalue weighted by Crippen LogP contribution is 2.38. The number of amides is 1. The third-order valence-electron chi connectivity index (χ3n) is 8.76. The molecule has 1 saturated heterocycles. The molecule has 0 spiro atoms. The Bertz CT molecular complexity index is 1270. The van der Waals surface area contributed by atoms with Crippen molar-refractivity contribution in [1.29, 1.82) is 0 Å². The van der Waals surface area contributed by atoms with E-state index in [0.717, 1.165) is 37.3 Å². The van der Waals surface area contributed by atoms with Crippen LogP contribution in [0.4, 0.5) is 11.4 Å². The minimum atomic E-state index is -0.00450. The molecule has 5 rings (SSSR count). The van der Waals surface area contributed by atoms with Gasteiger partial charge in [0.2, 0.25) is 0 Å². The first-order valence-corrected chi connectivity index (χ1v) is 14.6. The van der Waals surface area contributed by atoms with Crippen LogP contribution in [0.25, 0.3) is 0 Å². The Labute approximate surface area is 239 Å². The quantitative estimate of drug-likeness (QED) is 0.321. The van der Waals surface area contributed by atoms with Gasteiger partial charge >= 0.3 is 0 Å². The van der Waals surface area contributed by atoms with Gasteiger partial charge in [0, 0.05) is 56.2 Å². The standard InChI is InChI=1S/C34H43N3O3/c1-35(2)28-13-10-14-29(24-28)37(34(38)26-17-18-32(39-3)33(23-26)40-4)27-19-21-36(22-20-27)31-16-9-8-15-30(31)25-11-6-5-7-12-25/h5-7,10-14,17-18,23-24,27,30-31H,8-9,15-16,19-22H2,1-4H3. The molecule has 6 heteroatoms. The number of hydrogen-bond acceptors (Lipinski definition) is 5. The van der Waals surface area contributed by atoms with Crippen molar-refractivity contribution in [3.63, 3.8) is 0 Å². The fourth-order valence-corrected chi connectivity index (χ4v) is 6.64. The Kier molecular flexibility index (Phi) is 8.95. The molecular formula is C34H43N3O3. The first kappa shape index (κ1) is 28.0. The molecule has 1 aliphatic carbocycles. The van der Waals surface area contributed by atoms with E-state index in [1.807, 2.05) is 37.2 Å². The summed E-state index contributed by atoms with van der Waals surface area (Å²) in [5.74, 6) is 1.77. The summed E-state index contributed by atoms with van der Waals surface area (Å²) in [6.07, 6.45) is 7.02. The third-order valence-corrected chi connectivity index (χ3v) is 8.76. The Hall–Kier alpha value is -3.51. The normalized spacial score (nSPS) is 20.1. The van der Waals surface area contributed by atoms with Gasteiger partial charge in [-0.15, -0.1) is 0 Å². The van der Waals surface area contributed by atoms with Gasteiger partial charge in [0.25, 0.3) is 5.91 Å². The van der Waals surface area contributed by atoms with Crippen molar-refractivity contribution in [2.45, 2.75) is 56.5 Å². The molecule has 0 radical (unpaired) electrons. The molecule has 6 nitrogen and oxygen atoms in total. The van der Waals surface area contributed by atoms with Gasteiger partial charge in [0.05, 0.1) is 14.2 Å². The molecule has 2 fully saturated rings. The molecule has 1 amide bonds. The SMILES string of the molecule is COc1ccc(C(=O)N(c2cccc(N(C)C)c2)C2CCN(C3CCCCC3c3ccccc3)CC2)cc1OC. The van der Waals surface area contributed by atoms with E-state index in [4.69, 9.17) is 9.47 Å². The highest BCUT2D eigenvalue weighted by atomic mass is 16.5. The molecule has 0 aromatic heterocycles. The van der Waals surface area contributed by atoms with Crippen molar-refractivity contribution in [3.8, 4) is 11.5 Å². The number of benzene rings is 3. The number of likely N-dealkylation sites (tertiary alicyclic amines) is 1. The first-order valence-electron chi connectivity index (χ1n) is 14.6. The van der Waals surface area contributed by atoms with Gasteiger partial charge in [-0.05, 0) is 73.6 Å². The molecule has 2 aliphatic rings. The van der Waals surface area contributed by atoms with Gasteiger partial charge in [-0.25, -0.2) is 0 Å². The summed E-state index contributed by atoms with van der Waals surface area (Å²) in [5, 5.41) is 0. The third kappa shape index (κ3) is 5.97. The van der Waals surface area contributed by atoms with Gasteiger partial charge in [-0.3, -0.25) is 9.69 Å². The molecule has 0 bridgehead atoms. The van der Waals surface area contributed by atoms with E-state index < -0.39 is 0 Å². The lowest BCUT2D eigenvalue weighted by Gasteiger charge is -2.45. The molecule has 212 valence electrons. The first-order chi connectivity index (χ1) is 19.5. The fraction of sp³-hybridized carbons (Fsp3) is 0.441. The highest BCUT2D eigenvalue weighted by Gasteiger charge is 2.36. The lowest BCUT2D eigenvalue weighted by molar-refractivity contribution is 0.0895. The van der Waals surface area contributed by atoms with Crippen LogP contribution in [-0.4, -0.2) is 64.3 Å². The van der Waals surface area contributed by atoms with Crippen molar-refractivity contribution >= 4 is 17.3 Å². The summed E-state index contributed by atoms with van der Waals surface area (Å²) in [6.45, 7) is 2.00. The van der Waals surface area contributed by atoms with Crippen molar-refractivity contribution in [2.24, 2.45) is 0 Å². The predicted molar refractivity (Wildman–Crippen MR) is 163 cm³/mol. The average Bonchev–Trinajstić information content (AvgIpc) is 3.01. The number of nitrogens with zero attached hydrogens (tertiary/aromatic N) is 3. The number of carbonyl (C=O) groups excluding carboxylic acids is 1. The van der Waals surface area contributed by atoms with E-state index in [9.17, 15) is 4.79 Å². The molecule has 2 atom stereocenters. The Balaban J connectivity index is 1.40. The zero-order chi connectivity index (χ0) is 28.1. The summed E-state index contributed by atoms with van der Waals surface area (Å²) in [4.78, 5) is 21.0. The molecule has 2 unspecified atom stereocenters. The monoisotopic (exact) mass is 541 g/mol. The van der Waals surface area contributed by atoms with Crippen LogP contribution in [0.1, 0.15) is 60.4 Å². The van der Waals surface area contributed by atoms with Crippen LogP contribution in [0.5, 0.6) is 11.5 Å².